The average molecular weight is 152 g/mol. The van der Waals surface area contributed by atoms with Gasteiger partial charge in [0, 0.05) is 1.37 Å². The first-order valence-corrected chi connectivity index (χ1v) is 5.09. The minimum atomic E-state index is 0.509. The summed E-state index contributed by atoms with van der Waals surface area (Å²) in [6.07, 6.45) is 8.76. The van der Waals surface area contributed by atoms with Gasteiger partial charge in [-0.1, -0.05) is 6.90 Å². The molecule has 4 aliphatic rings. The van der Waals surface area contributed by atoms with Crippen molar-refractivity contribution < 1.29 is 1.37 Å². The summed E-state index contributed by atoms with van der Waals surface area (Å²) < 4.78 is 7.68. The van der Waals surface area contributed by atoms with E-state index in [2.05, 4.69) is 0 Å². The maximum Gasteiger partial charge on any atom is 0.0236 e. The average Bonchev–Trinajstić information content (AvgIpc) is 2.02. The molecule has 0 aromatic rings. The molecule has 0 saturated heterocycles. The van der Waals surface area contributed by atoms with Crippen molar-refractivity contribution in [3.8, 4) is 0 Å². The first-order valence-electron chi connectivity index (χ1n) is 5.80. The molecule has 0 atom stereocenters. The third kappa shape index (κ3) is 0.878. The third-order valence-electron chi connectivity index (χ3n) is 4.17. The zero-order chi connectivity index (χ0) is 8.18. The van der Waals surface area contributed by atoms with Crippen molar-refractivity contribution in [1.82, 2.24) is 0 Å². The van der Waals surface area contributed by atoms with Gasteiger partial charge in [0.1, 0.15) is 0 Å². The Bertz CT molecular complexity index is 162. The van der Waals surface area contributed by atoms with Crippen LogP contribution in [0, 0.1) is 23.2 Å². The second kappa shape index (κ2) is 1.84. The number of rotatable bonds is 0. The Morgan fingerprint density at radius 1 is 1.00 bits per heavy atom. The lowest BCUT2D eigenvalue weighted by molar-refractivity contribution is -0.0411. The molecule has 0 aromatic carbocycles. The lowest BCUT2D eigenvalue weighted by Gasteiger charge is -2.55. The molecule has 0 radical (unpaired) electrons. The highest BCUT2D eigenvalue weighted by Gasteiger charge is 2.48. The lowest BCUT2D eigenvalue weighted by Crippen LogP contribution is -2.44. The highest BCUT2D eigenvalue weighted by molar-refractivity contribution is 4.99. The van der Waals surface area contributed by atoms with E-state index in [1.807, 2.05) is 0 Å². The van der Waals surface area contributed by atoms with Gasteiger partial charge in [0.15, 0.2) is 0 Å². The topological polar surface area (TPSA) is 0 Å². The Kier molecular flexibility index (Phi) is 0.937. The molecule has 4 rings (SSSR count). The van der Waals surface area contributed by atoms with E-state index in [4.69, 9.17) is 1.37 Å². The van der Waals surface area contributed by atoms with Crippen molar-refractivity contribution in [2.75, 3.05) is 0 Å². The fourth-order valence-corrected chi connectivity index (χ4v) is 4.29. The summed E-state index contributed by atoms with van der Waals surface area (Å²) >= 11 is 0. The zero-order valence-corrected chi connectivity index (χ0v) is 7.18. The van der Waals surface area contributed by atoms with Crippen molar-refractivity contribution in [1.29, 1.82) is 0 Å². The highest BCUT2D eigenvalue weighted by Crippen LogP contribution is 2.59. The number of hydrogen-bond donors (Lipinski definition) is 0. The van der Waals surface area contributed by atoms with Crippen LogP contribution in [0.4, 0.5) is 0 Å². The molecule has 4 fully saturated rings. The molecule has 0 unspecified atom stereocenters. The van der Waals surface area contributed by atoms with Gasteiger partial charge < -0.3 is 0 Å². The van der Waals surface area contributed by atoms with E-state index in [-0.39, 0.29) is 0 Å². The lowest BCUT2D eigenvalue weighted by atomic mass is 9.50. The minimum absolute atomic E-state index is 0.509. The van der Waals surface area contributed by atoms with E-state index in [0.29, 0.717) is 5.41 Å². The van der Waals surface area contributed by atoms with Crippen molar-refractivity contribution in [2.24, 2.45) is 23.2 Å². The summed E-state index contributed by atoms with van der Waals surface area (Å²) in [6, 6.07) is 0. The van der Waals surface area contributed by atoms with Gasteiger partial charge in [-0.25, -0.2) is 0 Å². The maximum absolute atomic E-state index is 7.68. The van der Waals surface area contributed by atoms with E-state index in [9.17, 15) is 0 Å². The normalized spacial score (nSPS) is 61.5. The van der Waals surface area contributed by atoms with E-state index in [0.717, 1.165) is 24.7 Å². The first-order chi connectivity index (χ1) is 5.80. The molecule has 0 aliphatic heterocycles. The molecule has 4 saturated carbocycles. The molecule has 4 bridgehead atoms. The third-order valence-corrected chi connectivity index (χ3v) is 4.17. The van der Waals surface area contributed by atoms with Gasteiger partial charge in [0.05, 0.1) is 0 Å². The minimum Gasteiger partial charge on any atom is -0.0596 e. The maximum atomic E-state index is 7.68. The predicted molar refractivity (Wildman–Crippen MR) is 46.3 cm³/mol. The van der Waals surface area contributed by atoms with Crippen LogP contribution in [0.25, 0.3) is 0 Å². The van der Waals surface area contributed by atoms with E-state index in [1.165, 1.54) is 38.5 Å². The van der Waals surface area contributed by atoms with Crippen molar-refractivity contribution in [2.45, 2.75) is 45.4 Å². The van der Waals surface area contributed by atoms with Crippen LogP contribution in [-0.2, 0) is 0 Å². The van der Waals surface area contributed by atoms with E-state index >= 15 is 0 Å². The van der Waals surface area contributed by atoms with Crippen LogP contribution in [0.1, 0.15) is 46.8 Å². The number of hydrogen-bond acceptors (Lipinski definition) is 0. The highest BCUT2D eigenvalue weighted by atomic mass is 14.5. The van der Waals surface area contributed by atoms with Crippen LogP contribution in [0.5, 0.6) is 0 Å². The molecule has 0 nitrogen and oxygen atoms in total. The van der Waals surface area contributed by atoms with Gasteiger partial charge in [-0.05, 0) is 61.7 Å². The summed E-state index contributed by atoms with van der Waals surface area (Å²) in [7, 11) is 0. The van der Waals surface area contributed by atoms with Gasteiger partial charge in [0.25, 0.3) is 0 Å². The van der Waals surface area contributed by atoms with Crippen LogP contribution >= 0.6 is 0 Å². The Morgan fingerprint density at radius 3 is 1.82 bits per heavy atom. The van der Waals surface area contributed by atoms with Gasteiger partial charge in [0.2, 0.25) is 0 Å². The monoisotopic (exact) mass is 152 g/mol. The second-order valence-electron chi connectivity index (χ2n) is 5.42. The van der Waals surface area contributed by atoms with Crippen molar-refractivity contribution in [3.63, 3.8) is 0 Å². The predicted octanol–water partition coefficient (Wildman–Crippen LogP) is 3.22. The Hall–Kier alpha value is 0. The van der Waals surface area contributed by atoms with Crippen molar-refractivity contribution >= 4 is 0 Å². The fourth-order valence-electron chi connectivity index (χ4n) is 4.29. The molecule has 11 heavy (non-hydrogen) atoms. The SMILES string of the molecule is [3H]CC12CC3CC(CC(C3)C1)C2. The Balaban J connectivity index is 1.90. The Labute approximate surface area is 70.8 Å². The molecule has 0 amide bonds. The standard InChI is InChI=1S/C11H18/c1-11-5-8-2-9(6-11)4-10(3-8)7-11/h8-10H,2-7H2,1H3/i1T. The van der Waals surface area contributed by atoms with Gasteiger partial charge >= 0.3 is 0 Å². The molecule has 0 heterocycles. The summed E-state index contributed by atoms with van der Waals surface area (Å²) in [4.78, 5) is 0. The van der Waals surface area contributed by atoms with E-state index < -0.39 is 0 Å². The van der Waals surface area contributed by atoms with Crippen molar-refractivity contribution in [3.05, 3.63) is 0 Å². The molecule has 0 aromatic heterocycles. The Morgan fingerprint density at radius 2 is 1.45 bits per heavy atom. The first kappa shape index (κ1) is 5.61. The molecule has 4 aliphatic carbocycles. The van der Waals surface area contributed by atoms with E-state index in [1.54, 1.807) is 0 Å². The summed E-state index contributed by atoms with van der Waals surface area (Å²) in [5, 5.41) is 0. The molecule has 0 heteroatoms. The molecule has 62 valence electrons. The quantitative estimate of drug-likeness (QED) is 0.500. The second-order valence-corrected chi connectivity index (χ2v) is 5.42. The molecule has 0 spiro atoms. The summed E-state index contributed by atoms with van der Waals surface area (Å²) in [5.41, 5.74) is 0.509. The van der Waals surface area contributed by atoms with Crippen LogP contribution in [0.15, 0.2) is 0 Å². The van der Waals surface area contributed by atoms with Crippen LogP contribution in [0.2, 0.25) is 0 Å². The zero-order valence-electron chi connectivity index (χ0n) is 8.18. The molecule has 0 N–H and O–H groups in total. The largest absolute Gasteiger partial charge is 0.0596 e. The smallest absolute Gasteiger partial charge is 0.0236 e. The summed E-state index contributed by atoms with van der Waals surface area (Å²) in [6.45, 7) is 0.719. The van der Waals surface area contributed by atoms with Gasteiger partial charge in [-0.3, -0.25) is 0 Å². The fraction of sp³-hybridized carbons (Fsp3) is 1.00. The molecular weight excluding hydrogens is 132 g/mol. The molecular formula is C11H18. The van der Waals surface area contributed by atoms with Crippen LogP contribution in [0.3, 0.4) is 0 Å². The van der Waals surface area contributed by atoms with Gasteiger partial charge in [-0.2, -0.15) is 0 Å². The summed E-state index contributed by atoms with van der Waals surface area (Å²) in [5.74, 6) is 3.09. The van der Waals surface area contributed by atoms with Crippen LogP contribution in [-0.4, -0.2) is 0 Å². The van der Waals surface area contributed by atoms with Gasteiger partial charge in [-0.15, -0.1) is 0 Å². The van der Waals surface area contributed by atoms with Crippen LogP contribution < -0.4 is 0 Å².